The highest BCUT2D eigenvalue weighted by molar-refractivity contribution is 5.99. The fourth-order valence-corrected chi connectivity index (χ4v) is 5.18. The number of aryl methyl sites for hydroxylation is 1. The zero-order valence-corrected chi connectivity index (χ0v) is 23.9. The van der Waals surface area contributed by atoms with Crippen molar-refractivity contribution in [1.29, 1.82) is 0 Å². The molecule has 3 amide bonds. The molecule has 1 saturated carbocycles. The van der Waals surface area contributed by atoms with Gasteiger partial charge < -0.3 is 20.6 Å². The third-order valence-electron chi connectivity index (χ3n) is 7.67. The number of hydrogen-bond donors (Lipinski definition) is 3. The fraction of sp³-hybridized carbons (Fsp3) is 0.517. The lowest BCUT2D eigenvalue weighted by atomic mass is 9.85. The second kappa shape index (κ2) is 11.4. The van der Waals surface area contributed by atoms with Crippen LogP contribution in [0.15, 0.2) is 42.9 Å². The van der Waals surface area contributed by atoms with Crippen LogP contribution >= 0.6 is 0 Å². The van der Waals surface area contributed by atoms with E-state index >= 15 is 0 Å². The van der Waals surface area contributed by atoms with Crippen LogP contribution in [0.25, 0.3) is 5.69 Å². The largest absolute Gasteiger partial charge is 0.391 e. The Labute approximate surface area is 239 Å². The number of hydrogen-bond acceptors (Lipinski definition) is 7. The molecule has 2 fully saturated rings. The van der Waals surface area contributed by atoms with E-state index in [-0.39, 0.29) is 37.2 Å². The van der Waals surface area contributed by atoms with Crippen LogP contribution < -0.4 is 10.6 Å². The molecule has 2 aliphatic rings. The number of nitrogens with zero attached hydrogens (tertiary/aromatic N) is 6. The third-order valence-corrected chi connectivity index (χ3v) is 7.67. The van der Waals surface area contributed by atoms with E-state index in [0.29, 0.717) is 12.1 Å². The Kier molecular flexibility index (Phi) is 7.94. The first-order chi connectivity index (χ1) is 19.5. The number of likely N-dealkylation sites (tertiary alicyclic amines) is 1. The molecule has 3 heterocycles. The molecule has 1 aliphatic carbocycles. The summed E-state index contributed by atoms with van der Waals surface area (Å²) in [5.74, 6) is -0.826. The number of carbonyl (C=O) groups excluding carboxylic acids is 3. The van der Waals surface area contributed by atoms with Crippen LogP contribution in [0.3, 0.4) is 0 Å². The Morgan fingerprint density at radius 3 is 2.49 bits per heavy atom. The van der Waals surface area contributed by atoms with Gasteiger partial charge in [0.15, 0.2) is 0 Å². The number of nitrogens with one attached hydrogen (secondary N) is 2. The summed E-state index contributed by atoms with van der Waals surface area (Å²) in [5, 5.41) is 28.7. The van der Waals surface area contributed by atoms with Crippen LogP contribution in [0.4, 0.5) is 0 Å². The molecule has 5 rings (SSSR count). The zero-order valence-electron chi connectivity index (χ0n) is 23.9. The summed E-state index contributed by atoms with van der Waals surface area (Å²) >= 11 is 0. The van der Waals surface area contributed by atoms with Crippen molar-refractivity contribution >= 4 is 17.7 Å². The van der Waals surface area contributed by atoms with E-state index < -0.39 is 29.5 Å². The molecule has 218 valence electrons. The van der Waals surface area contributed by atoms with Gasteiger partial charge in [0.2, 0.25) is 11.8 Å². The number of carbonyl (C=O) groups is 3. The topological polar surface area (TPSA) is 147 Å². The van der Waals surface area contributed by atoms with Crippen LogP contribution in [0.5, 0.6) is 0 Å². The maximum atomic E-state index is 13.9. The van der Waals surface area contributed by atoms with Gasteiger partial charge in [-0.25, -0.2) is 4.68 Å². The average Bonchev–Trinajstić information content (AvgIpc) is 3.31. The number of rotatable bonds is 9. The second-order valence-corrected chi connectivity index (χ2v) is 12.0. The summed E-state index contributed by atoms with van der Waals surface area (Å²) in [4.78, 5) is 42.1. The third kappa shape index (κ3) is 6.32. The van der Waals surface area contributed by atoms with Crippen LogP contribution in [0.2, 0.25) is 0 Å². The summed E-state index contributed by atoms with van der Waals surface area (Å²) < 4.78 is 3.38. The van der Waals surface area contributed by atoms with Crippen molar-refractivity contribution in [2.75, 3.05) is 6.54 Å². The normalized spacial score (nSPS) is 19.7. The molecule has 41 heavy (non-hydrogen) atoms. The van der Waals surface area contributed by atoms with Crippen LogP contribution in [-0.4, -0.2) is 77.2 Å². The molecule has 1 aliphatic heterocycles. The van der Waals surface area contributed by atoms with E-state index in [0.717, 1.165) is 29.8 Å². The molecular formula is C29H38N8O4. The highest BCUT2D eigenvalue weighted by Crippen LogP contribution is 2.41. The zero-order chi connectivity index (χ0) is 29.3. The number of benzene rings is 1. The van der Waals surface area contributed by atoms with Crippen LogP contribution in [-0.2, 0) is 22.7 Å². The SMILES string of the molecule is CCn1cc(C(=O)N[C@H](C(=O)N2C[C@H](O)C[C@H]2C(=O)NCc2ccc(-n3ccnn3)cc2)C(C)(C)C)c(C2CC2)n1. The second-order valence-electron chi connectivity index (χ2n) is 12.0. The van der Waals surface area contributed by atoms with E-state index in [1.807, 2.05) is 52.0 Å². The summed E-state index contributed by atoms with van der Waals surface area (Å²) in [6, 6.07) is 5.76. The molecule has 1 aromatic carbocycles. The molecule has 2 aromatic heterocycles. The standard InChI is InChI=1S/C29H38N8O4/c1-5-35-17-22(24(33-35)19-8-9-19)26(39)32-25(29(2,3)4)28(41)36-16-21(38)14-23(36)27(40)30-15-18-6-10-20(11-7-18)37-13-12-31-34-37/h6-7,10-13,17,19,21,23,25,38H,5,8-9,14-16H2,1-4H3,(H,30,40)(H,32,39)/t21-,23+,25-/m1/s1. The number of β-amino-alcohol motifs (C(OH)–C–C–N with tert-alkyl or cyclic N) is 1. The molecule has 1 saturated heterocycles. The molecule has 0 spiro atoms. The number of aliphatic hydroxyl groups excluding tert-OH is 1. The van der Waals surface area contributed by atoms with Gasteiger partial charge in [-0.3, -0.25) is 19.1 Å². The molecule has 3 aromatic rings. The van der Waals surface area contributed by atoms with Gasteiger partial charge in [0.05, 0.1) is 35.4 Å². The van der Waals surface area contributed by atoms with Gasteiger partial charge in [0.25, 0.3) is 5.91 Å². The molecule has 0 unspecified atom stereocenters. The fourth-order valence-electron chi connectivity index (χ4n) is 5.18. The molecular weight excluding hydrogens is 524 g/mol. The molecule has 0 bridgehead atoms. The number of amides is 3. The van der Waals surface area contributed by atoms with Gasteiger partial charge in [-0.15, -0.1) is 5.10 Å². The van der Waals surface area contributed by atoms with Crippen molar-refractivity contribution < 1.29 is 19.5 Å². The predicted molar refractivity (Wildman–Crippen MR) is 150 cm³/mol. The molecule has 0 radical (unpaired) electrons. The first kappa shape index (κ1) is 28.5. The van der Waals surface area contributed by atoms with Crippen molar-refractivity contribution in [3.05, 3.63) is 59.7 Å². The molecule has 3 atom stereocenters. The minimum atomic E-state index is -0.906. The quantitative estimate of drug-likeness (QED) is 0.360. The van der Waals surface area contributed by atoms with Crippen molar-refractivity contribution in [3.63, 3.8) is 0 Å². The van der Waals surface area contributed by atoms with E-state index in [9.17, 15) is 19.5 Å². The van der Waals surface area contributed by atoms with E-state index in [1.165, 1.54) is 4.90 Å². The number of aliphatic hydroxyl groups is 1. The predicted octanol–water partition coefficient (Wildman–Crippen LogP) is 1.78. The summed E-state index contributed by atoms with van der Waals surface area (Å²) in [5.41, 5.74) is 2.33. The number of aromatic nitrogens is 5. The highest BCUT2D eigenvalue weighted by atomic mass is 16.3. The highest BCUT2D eigenvalue weighted by Gasteiger charge is 2.45. The minimum Gasteiger partial charge on any atom is -0.391 e. The van der Waals surface area contributed by atoms with E-state index in [1.54, 1.807) is 28.0 Å². The first-order valence-electron chi connectivity index (χ1n) is 14.1. The monoisotopic (exact) mass is 562 g/mol. The van der Waals surface area contributed by atoms with Crippen molar-refractivity contribution in [3.8, 4) is 5.69 Å². The summed E-state index contributed by atoms with van der Waals surface area (Å²) in [6.45, 7) is 8.50. The smallest absolute Gasteiger partial charge is 0.255 e. The van der Waals surface area contributed by atoms with Crippen molar-refractivity contribution in [2.45, 2.75) is 84.2 Å². The minimum absolute atomic E-state index is 0.0209. The van der Waals surface area contributed by atoms with Gasteiger partial charge in [-0.2, -0.15) is 5.10 Å². The Bertz CT molecular complexity index is 1390. The maximum Gasteiger partial charge on any atom is 0.255 e. The van der Waals surface area contributed by atoms with Gasteiger partial charge in [-0.1, -0.05) is 38.1 Å². The van der Waals surface area contributed by atoms with Crippen molar-refractivity contribution in [2.24, 2.45) is 5.41 Å². The van der Waals surface area contributed by atoms with Crippen LogP contribution in [0.1, 0.15) is 74.5 Å². The van der Waals surface area contributed by atoms with Gasteiger partial charge in [0.1, 0.15) is 12.1 Å². The lowest BCUT2D eigenvalue weighted by Gasteiger charge is -2.35. The maximum absolute atomic E-state index is 13.9. The molecule has 12 nitrogen and oxygen atoms in total. The van der Waals surface area contributed by atoms with Gasteiger partial charge in [-0.05, 0) is 42.9 Å². The Morgan fingerprint density at radius 2 is 1.88 bits per heavy atom. The lowest BCUT2D eigenvalue weighted by molar-refractivity contribution is -0.142. The van der Waals surface area contributed by atoms with E-state index in [4.69, 9.17) is 0 Å². The molecule has 3 N–H and O–H groups in total. The summed E-state index contributed by atoms with van der Waals surface area (Å²) in [7, 11) is 0. The van der Waals surface area contributed by atoms with Gasteiger partial charge >= 0.3 is 0 Å². The van der Waals surface area contributed by atoms with Crippen LogP contribution in [0, 0.1) is 5.41 Å². The molecule has 12 heteroatoms. The lowest BCUT2D eigenvalue weighted by Crippen LogP contribution is -2.57. The Balaban J connectivity index is 1.27. The average molecular weight is 563 g/mol. The van der Waals surface area contributed by atoms with Crippen molar-refractivity contribution in [1.82, 2.24) is 40.3 Å². The summed E-state index contributed by atoms with van der Waals surface area (Å²) in [6.07, 6.45) is 6.36. The Morgan fingerprint density at radius 1 is 1.15 bits per heavy atom. The Hall–Kier alpha value is -4.06. The van der Waals surface area contributed by atoms with E-state index in [2.05, 4.69) is 26.0 Å². The van der Waals surface area contributed by atoms with Gasteiger partial charge in [0, 0.05) is 38.2 Å². The first-order valence-corrected chi connectivity index (χ1v) is 14.1.